The Kier molecular flexibility index (Phi) is 5.35. The van der Waals surface area contributed by atoms with Gasteiger partial charge >= 0.3 is 6.03 Å². The molecule has 0 spiro atoms. The summed E-state index contributed by atoms with van der Waals surface area (Å²) < 4.78 is 21.9. The Labute approximate surface area is 194 Å². The molecule has 0 aliphatic carbocycles. The molecule has 0 bridgehead atoms. The number of pyridine rings is 1. The van der Waals surface area contributed by atoms with Crippen molar-refractivity contribution in [3.8, 4) is 17.1 Å². The number of carbonyl (C=O) groups excluding carboxylic acids is 1. The van der Waals surface area contributed by atoms with Crippen molar-refractivity contribution in [1.29, 1.82) is 0 Å². The minimum absolute atomic E-state index is 0.114. The summed E-state index contributed by atoms with van der Waals surface area (Å²) in [6.07, 6.45) is 4.97. The van der Waals surface area contributed by atoms with Crippen molar-refractivity contribution >= 4 is 23.6 Å². The molecule has 0 saturated carbocycles. The molecule has 0 radical (unpaired) electrons. The first-order chi connectivity index (χ1) is 15.8. The molecule has 1 saturated heterocycles. The van der Waals surface area contributed by atoms with Gasteiger partial charge in [-0.2, -0.15) is 10.2 Å². The zero-order valence-electron chi connectivity index (χ0n) is 18.8. The number of hydrogen-bond donors (Lipinski definition) is 0. The molecule has 2 aliphatic heterocycles. The van der Waals surface area contributed by atoms with Crippen molar-refractivity contribution in [2.75, 3.05) is 13.1 Å². The Morgan fingerprint density at radius 1 is 1.24 bits per heavy atom. The number of hydrazone groups is 1. The maximum absolute atomic E-state index is 14.4. The number of amides is 2. The average molecular weight is 470 g/mol. The molecule has 172 valence electrons. The van der Waals surface area contributed by atoms with Gasteiger partial charge in [0.1, 0.15) is 17.2 Å². The smallest absolute Gasteiger partial charge is 0.341 e. The molecule has 2 amide bonds. The lowest BCUT2D eigenvalue weighted by atomic mass is 10.1. The SMILES string of the molecule is Cc1cnn(C)c1-c1cc(OC2CN(C(=O)N3N=CCC3c3nc(C)c(C)s3)C2)c(F)cn1. The molecule has 3 aromatic heterocycles. The molecule has 1 fully saturated rings. The summed E-state index contributed by atoms with van der Waals surface area (Å²) in [6, 6.07) is 1.20. The van der Waals surface area contributed by atoms with Crippen molar-refractivity contribution in [1.82, 2.24) is 29.7 Å². The van der Waals surface area contributed by atoms with E-state index < -0.39 is 5.82 Å². The van der Waals surface area contributed by atoms with Crippen LogP contribution in [-0.2, 0) is 7.05 Å². The van der Waals surface area contributed by atoms with Crippen LogP contribution in [-0.4, -0.2) is 61.1 Å². The van der Waals surface area contributed by atoms with Gasteiger partial charge in [-0.15, -0.1) is 11.3 Å². The molecule has 1 unspecified atom stereocenters. The van der Waals surface area contributed by atoms with Crippen LogP contribution in [0.15, 0.2) is 23.6 Å². The fourth-order valence-corrected chi connectivity index (χ4v) is 5.01. The third kappa shape index (κ3) is 3.86. The van der Waals surface area contributed by atoms with Gasteiger partial charge in [0.05, 0.1) is 42.6 Å². The van der Waals surface area contributed by atoms with E-state index in [2.05, 4.69) is 20.2 Å². The van der Waals surface area contributed by atoms with Crippen LogP contribution in [0.4, 0.5) is 9.18 Å². The van der Waals surface area contributed by atoms with E-state index in [0.717, 1.165) is 33.0 Å². The predicted molar refractivity (Wildman–Crippen MR) is 122 cm³/mol. The van der Waals surface area contributed by atoms with E-state index in [1.54, 1.807) is 39.4 Å². The first-order valence-corrected chi connectivity index (χ1v) is 11.5. The highest BCUT2D eigenvalue weighted by molar-refractivity contribution is 7.11. The van der Waals surface area contributed by atoms with Crippen molar-refractivity contribution in [2.45, 2.75) is 39.3 Å². The largest absolute Gasteiger partial charge is 0.483 e. The normalized spacial score (nSPS) is 18.2. The summed E-state index contributed by atoms with van der Waals surface area (Å²) in [5.74, 6) is -0.425. The molecule has 9 nitrogen and oxygen atoms in total. The van der Waals surface area contributed by atoms with E-state index >= 15 is 0 Å². The fraction of sp³-hybridized carbons (Fsp3) is 0.409. The highest BCUT2D eigenvalue weighted by Gasteiger charge is 2.40. The number of thiazole rings is 1. The topological polar surface area (TPSA) is 88.7 Å². The van der Waals surface area contributed by atoms with Crippen LogP contribution in [0, 0.1) is 26.6 Å². The van der Waals surface area contributed by atoms with Gasteiger partial charge in [-0.1, -0.05) is 0 Å². The third-order valence-electron chi connectivity index (χ3n) is 5.95. The minimum atomic E-state index is -0.540. The molecule has 0 aromatic carbocycles. The van der Waals surface area contributed by atoms with Crippen molar-refractivity contribution in [3.05, 3.63) is 45.4 Å². The quantitative estimate of drug-likeness (QED) is 0.582. The Morgan fingerprint density at radius 2 is 2.03 bits per heavy atom. The summed E-state index contributed by atoms with van der Waals surface area (Å²) in [5, 5.41) is 10.9. The number of likely N-dealkylation sites (tertiary alicyclic amines) is 1. The van der Waals surface area contributed by atoms with E-state index in [-0.39, 0.29) is 23.9 Å². The highest BCUT2D eigenvalue weighted by Crippen LogP contribution is 2.34. The Morgan fingerprint density at radius 3 is 2.70 bits per heavy atom. The second kappa shape index (κ2) is 8.22. The average Bonchev–Trinajstić information content (AvgIpc) is 3.45. The fourth-order valence-electron chi connectivity index (χ4n) is 3.99. The molecular weight excluding hydrogens is 445 g/mol. The number of aromatic nitrogens is 4. The molecule has 11 heteroatoms. The first-order valence-electron chi connectivity index (χ1n) is 10.7. The van der Waals surface area contributed by atoms with Crippen LogP contribution < -0.4 is 4.74 Å². The molecule has 5 rings (SSSR count). The lowest BCUT2D eigenvalue weighted by Gasteiger charge is -2.40. The van der Waals surface area contributed by atoms with Gasteiger partial charge in [-0.25, -0.2) is 19.2 Å². The van der Waals surface area contributed by atoms with E-state index in [9.17, 15) is 9.18 Å². The van der Waals surface area contributed by atoms with E-state index in [4.69, 9.17) is 4.74 Å². The molecule has 0 N–H and O–H groups in total. The van der Waals surface area contributed by atoms with Crippen LogP contribution in [0.25, 0.3) is 11.4 Å². The Balaban J connectivity index is 1.24. The number of hydrogen-bond acceptors (Lipinski definition) is 7. The van der Waals surface area contributed by atoms with Crippen LogP contribution in [0.2, 0.25) is 0 Å². The maximum atomic E-state index is 14.4. The van der Waals surface area contributed by atoms with Crippen LogP contribution in [0.3, 0.4) is 0 Å². The molecular formula is C22H24FN7O2S. The molecule has 3 aromatic rings. The van der Waals surface area contributed by atoms with Gasteiger partial charge in [0, 0.05) is 30.6 Å². The van der Waals surface area contributed by atoms with Gasteiger partial charge in [0.25, 0.3) is 0 Å². The first kappa shape index (κ1) is 21.5. The van der Waals surface area contributed by atoms with Crippen LogP contribution >= 0.6 is 11.3 Å². The van der Waals surface area contributed by atoms with E-state index in [1.165, 1.54) is 5.01 Å². The third-order valence-corrected chi connectivity index (χ3v) is 7.13. The summed E-state index contributed by atoms with van der Waals surface area (Å²) in [4.78, 5) is 24.6. The molecule has 2 aliphatic rings. The predicted octanol–water partition coefficient (Wildman–Crippen LogP) is 3.62. The van der Waals surface area contributed by atoms with Gasteiger partial charge in [-0.05, 0) is 26.3 Å². The molecule has 1 atom stereocenters. The maximum Gasteiger partial charge on any atom is 0.341 e. The number of rotatable bonds is 4. The zero-order valence-corrected chi connectivity index (χ0v) is 19.6. The van der Waals surface area contributed by atoms with Crippen molar-refractivity contribution in [3.63, 3.8) is 0 Å². The summed E-state index contributed by atoms with van der Waals surface area (Å²) in [6.45, 7) is 6.62. The van der Waals surface area contributed by atoms with Gasteiger partial charge < -0.3 is 9.64 Å². The lowest BCUT2D eigenvalue weighted by Crippen LogP contribution is -2.58. The summed E-state index contributed by atoms with van der Waals surface area (Å²) in [7, 11) is 1.81. The standard InChI is InChI=1S/C22H24FN7O2S/c1-12-8-26-28(4)20(12)17-7-19(16(23)9-24-17)32-15-10-29(11-15)22(31)30-18(5-6-25-30)21-27-13(2)14(3)33-21/h6-9,15,18H,5,10-11H2,1-4H3. The Bertz CT molecular complexity index is 1210. The second-order valence-electron chi connectivity index (χ2n) is 8.31. The van der Waals surface area contributed by atoms with Crippen LogP contribution in [0.5, 0.6) is 5.75 Å². The Hall–Kier alpha value is -3.34. The number of ether oxygens (including phenoxy) is 1. The van der Waals surface area contributed by atoms with Crippen molar-refractivity contribution in [2.24, 2.45) is 12.1 Å². The minimum Gasteiger partial charge on any atom is -0.483 e. The number of carbonyl (C=O) groups is 1. The van der Waals surface area contributed by atoms with Gasteiger partial charge in [0.15, 0.2) is 11.6 Å². The van der Waals surface area contributed by atoms with Crippen LogP contribution in [0.1, 0.15) is 33.6 Å². The zero-order chi connectivity index (χ0) is 23.3. The summed E-state index contributed by atoms with van der Waals surface area (Å²) >= 11 is 1.59. The molecule has 5 heterocycles. The van der Waals surface area contributed by atoms with Crippen molar-refractivity contribution < 1.29 is 13.9 Å². The lowest BCUT2D eigenvalue weighted by molar-refractivity contribution is 0.0257. The number of aryl methyl sites for hydroxylation is 4. The highest BCUT2D eigenvalue weighted by atomic mass is 32.1. The van der Waals surface area contributed by atoms with Gasteiger partial charge in [0.2, 0.25) is 0 Å². The number of halogens is 1. The monoisotopic (exact) mass is 469 g/mol. The summed E-state index contributed by atoms with van der Waals surface area (Å²) in [5.41, 5.74) is 3.30. The number of nitrogens with zero attached hydrogens (tertiary/aromatic N) is 7. The van der Waals surface area contributed by atoms with E-state index in [0.29, 0.717) is 25.2 Å². The van der Waals surface area contributed by atoms with Gasteiger partial charge in [-0.3, -0.25) is 9.67 Å². The molecule has 33 heavy (non-hydrogen) atoms. The van der Waals surface area contributed by atoms with E-state index in [1.807, 2.05) is 27.8 Å². The second-order valence-corrected chi connectivity index (χ2v) is 9.55. The number of urea groups is 1.